The molecule has 2 aromatic carbocycles. The first-order valence-electron chi connectivity index (χ1n) is 8.70. The van der Waals surface area contributed by atoms with Gasteiger partial charge in [0.05, 0.1) is 22.8 Å². The van der Waals surface area contributed by atoms with E-state index in [0.29, 0.717) is 5.02 Å². The van der Waals surface area contributed by atoms with Gasteiger partial charge in [-0.05, 0) is 36.8 Å². The highest BCUT2D eigenvalue weighted by molar-refractivity contribution is 7.89. The molecule has 2 aromatic heterocycles. The molecule has 0 amide bonds. The van der Waals surface area contributed by atoms with Gasteiger partial charge >= 0.3 is 0 Å². The topological polar surface area (TPSA) is 93.6 Å². The third-order valence-corrected chi connectivity index (χ3v) is 6.90. The molecule has 0 radical (unpaired) electrons. The summed E-state index contributed by atoms with van der Waals surface area (Å²) in [4.78, 5) is 7.48. The lowest BCUT2D eigenvalue weighted by Crippen LogP contribution is -2.22. The third-order valence-electron chi connectivity index (χ3n) is 4.72. The Morgan fingerprint density at radius 1 is 1.21 bits per heavy atom. The summed E-state index contributed by atoms with van der Waals surface area (Å²) in [5, 5.41) is 11.3. The van der Waals surface area contributed by atoms with Gasteiger partial charge in [0, 0.05) is 17.6 Å². The Bertz CT molecular complexity index is 1250. The van der Waals surface area contributed by atoms with Gasteiger partial charge < -0.3 is 4.90 Å². The maximum atomic E-state index is 11.6. The van der Waals surface area contributed by atoms with Crippen LogP contribution in [0.25, 0.3) is 16.2 Å². The number of nitrogens with two attached hydrogens (primary N) is 1. The Kier molecular flexibility index (Phi) is 5.07. The number of fused-ring (bicyclic) bond motifs is 1. The highest BCUT2D eigenvalue weighted by Gasteiger charge is 2.19. The Hall–Kier alpha value is -2.46. The summed E-state index contributed by atoms with van der Waals surface area (Å²) in [6, 6.07) is 14.0. The predicted octanol–water partition coefficient (Wildman–Crippen LogP) is 3.96. The first kappa shape index (κ1) is 19.8. The van der Waals surface area contributed by atoms with Gasteiger partial charge in [-0.15, -0.1) is 5.10 Å². The van der Waals surface area contributed by atoms with Crippen molar-refractivity contribution in [2.45, 2.75) is 17.9 Å². The monoisotopic (exact) mass is 447 g/mol. The zero-order chi connectivity index (χ0) is 20.8. The second-order valence-electron chi connectivity index (χ2n) is 6.65. The highest BCUT2D eigenvalue weighted by atomic mass is 35.5. The lowest BCUT2D eigenvalue weighted by Gasteiger charge is -2.24. The number of primary sulfonamides is 1. The van der Waals surface area contributed by atoms with Crippen LogP contribution in [0.2, 0.25) is 5.02 Å². The molecule has 0 fully saturated rings. The number of hydrogen-bond acceptors (Lipinski definition) is 6. The van der Waals surface area contributed by atoms with E-state index in [-0.39, 0.29) is 10.9 Å². The van der Waals surface area contributed by atoms with Crippen LogP contribution in [0.3, 0.4) is 0 Å². The van der Waals surface area contributed by atoms with Crippen LogP contribution in [-0.2, 0) is 10.0 Å². The number of sulfonamides is 1. The summed E-state index contributed by atoms with van der Waals surface area (Å²) in [6.07, 6.45) is 1.87. The quantitative estimate of drug-likeness (QED) is 0.499. The van der Waals surface area contributed by atoms with Gasteiger partial charge in [0.15, 0.2) is 0 Å². The minimum atomic E-state index is -3.75. The lowest BCUT2D eigenvalue weighted by atomic mass is 10.1. The molecule has 0 saturated heterocycles. The van der Waals surface area contributed by atoms with Crippen molar-refractivity contribution >= 4 is 43.1 Å². The number of rotatable bonds is 5. The molecule has 0 spiro atoms. The Morgan fingerprint density at radius 2 is 1.93 bits per heavy atom. The molecule has 1 unspecified atom stereocenters. The summed E-state index contributed by atoms with van der Waals surface area (Å²) >= 11 is 7.40. The fourth-order valence-corrected chi connectivity index (χ4v) is 4.55. The van der Waals surface area contributed by atoms with E-state index in [0.717, 1.165) is 26.9 Å². The van der Waals surface area contributed by atoms with Crippen LogP contribution in [-0.4, -0.2) is 30.1 Å². The van der Waals surface area contributed by atoms with Crippen LogP contribution in [0.4, 0.5) is 5.13 Å². The first-order valence-corrected chi connectivity index (χ1v) is 11.4. The molecule has 29 heavy (non-hydrogen) atoms. The first-order chi connectivity index (χ1) is 13.7. The number of halogens is 1. The Labute approximate surface area is 177 Å². The van der Waals surface area contributed by atoms with E-state index in [4.69, 9.17) is 16.7 Å². The van der Waals surface area contributed by atoms with E-state index < -0.39 is 10.0 Å². The van der Waals surface area contributed by atoms with Crippen molar-refractivity contribution in [3.05, 3.63) is 65.3 Å². The zero-order valence-corrected chi connectivity index (χ0v) is 18.0. The van der Waals surface area contributed by atoms with Crippen molar-refractivity contribution in [1.82, 2.24) is 14.6 Å². The minimum Gasteiger partial charge on any atom is -0.343 e. The molecule has 0 saturated carbocycles. The van der Waals surface area contributed by atoms with Crippen molar-refractivity contribution in [3.63, 3.8) is 0 Å². The summed E-state index contributed by atoms with van der Waals surface area (Å²) in [7, 11) is -1.84. The largest absolute Gasteiger partial charge is 0.343 e. The van der Waals surface area contributed by atoms with E-state index in [2.05, 4.69) is 10.1 Å². The van der Waals surface area contributed by atoms with Gasteiger partial charge in [0.1, 0.15) is 0 Å². The molecule has 0 aliphatic heterocycles. The van der Waals surface area contributed by atoms with E-state index in [1.54, 1.807) is 16.6 Å². The molecule has 0 bridgehead atoms. The number of anilines is 1. The minimum absolute atomic E-state index is 0.0943. The summed E-state index contributed by atoms with van der Waals surface area (Å²) in [5.41, 5.74) is 2.62. The van der Waals surface area contributed by atoms with Crippen molar-refractivity contribution in [2.75, 3.05) is 11.9 Å². The fraction of sp³-hybridized carbons (Fsp3) is 0.158. The van der Waals surface area contributed by atoms with Crippen LogP contribution in [0.1, 0.15) is 18.5 Å². The van der Waals surface area contributed by atoms with Gasteiger partial charge in [-0.2, -0.15) is 0 Å². The molecule has 0 aliphatic rings. The molecule has 2 heterocycles. The van der Waals surface area contributed by atoms with Crippen molar-refractivity contribution in [3.8, 4) is 11.3 Å². The number of benzene rings is 2. The van der Waals surface area contributed by atoms with E-state index in [1.807, 2.05) is 55.4 Å². The van der Waals surface area contributed by atoms with E-state index in [1.165, 1.54) is 17.4 Å². The van der Waals surface area contributed by atoms with E-state index >= 15 is 0 Å². The summed E-state index contributed by atoms with van der Waals surface area (Å²) < 4.78 is 25.0. The maximum Gasteiger partial charge on any atom is 0.238 e. The molecular weight excluding hydrogens is 430 g/mol. The van der Waals surface area contributed by atoms with Crippen LogP contribution < -0.4 is 10.0 Å². The third kappa shape index (κ3) is 3.99. The van der Waals surface area contributed by atoms with Crippen LogP contribution >= 0.6 is 22.9 Å². The Balaban J connectivity index is 1.61. The second kappa shape index (κ2) is 7.42. The van der Waals surface area contributed by atoms with Crippen LogP contribution in [0.5, 0.6) is 0 Å². The summed E-state index contributed by atoms with van der Waals surface area (Å²) in [6.45, 7) is 1.98. The van der Waals surface area contributed by atoms with Gasteiger partial charge in [-0.3, -0.25) is 0 Å². The number of hydrogen-bond donors (Lipinski definition) is 1. The molecule has 10 heteroatoms. The number of nitrogens with zero attached hydrogens (tertiary/aromatic N) is 4. The standard InChI is InChI=1S/C19H18ClN5O2S2/c1-12(14-4-3-5-16(10-14)29(21,26)27)24(2)19-23-25-11-17(22-18(25)28-19)13-6-8-15(20)9-7-13/h3-12H,1-2H3,(H2,21,26,27). The smallest absolute Gasteiger partial charge is 0.238 e. The molecule has 4 aromatic rings. The van der Waals surface area contributed by atoms with Gasteiger partial charge in [0.25, 0.3) is 0 Å². The number of imidazole rings is 1. The van der Waals surface area contributed by atoms with Crippen molar-refractivity contribution in [1.29, 1.82) is 0 Å². The van der Waals surface area contributed by atoms with Gasteiger partial charge in [-0.25, -0.2) is 23.1 Å². The predicted molar refractivity (Wildman–Crippen MR) is 116 cm³/mol. The number of aromatic nitrogens is 3. The Morgan fingerprint density at radius 3 is 2.59 bits per heavy atom. The van der Waals surface area contributed by atoms with Gasteiger partial charge in [-0.1, -0.05) is 47.2 Å². The zero-order valence-electron chi connectivity index (χ0n) is 15.7. The molecule has 2 N–H and O–H groups in total. The van der Waals surface area contributed by atoms with E-state index in [9.17, 15) is 8.42 Å². The van der Waals surface area contributed by atoms with Crippen LogP contribution in [0, 0.1) is 0 Å². The molecular formula is C19H18ClN5O2S2. The highest BCUT2D eigenvalue weighted by Crippen LogP contribution is 2.31. The van der Waals surface area contributed by atoms with Gasteiger partial charge in [0.2, 0.25) is 20.1 Å². The summed E-state index contributed by atoms with van der Waals surface area (Å²) in [5.74, 6) is 0. The average Bonchev–Trinajstić information content (AvgIpc) is 3.26. The molecule has 7 nitrogen and oxygen atoms in total. The van der Waals surface area contributed by atoms with Crippen molar-refractivity contribution < 1.29 is 8.42 Å². The molecule has 4 rings (SSSR count). The second-order valence-corrected chi connectivity index (χ2v) is 9.58. The fourth-order valence-electron chi connectivity index (χ4n) is 2.93. The molecule has 0 aliphatic carbocycles. The van der Waals surface area contributed by atoms with Crippen molar-refractivity contribution in [2.24, 2.45) is 5.14 Å². The molecule has 1 atom stereocenters. The molecule has 150 valence electrons. The average molecular weight is 448 g/mol. The SMILES string of the molecule is CC(c1cccc(S(N)(=O)=O)c1)N(C)c1nn2cc(-c3ccc(Cl)cc3)nc2s1. The van der Waals surface area contributed by atoms with Crippen LogP contribution in [0.15, 0.2) is 59.6 Å². The lowest BCUT2D eigenvalue weighted by molar-refractivity contribution is 0.597. The maximum absolute atomic E-state index is 11.6. The normalized spacial score (nSPS) is 13.0.